The topological polar surface area (TPSA) is 46.5 Å². The van der Waals surface area contributed by atoms with E-state index in [4.69, 9.17) is 4.74 Å². The molecule has 3 heteroatoms. The molecule has 0 aliphatic heterocycles. The summed E-state index contributed by atoms with van der Waals surface area (Å²) in [6, 6.07) is 0. The molecule has 0 unspecified atom stereocenters. The normalized spacial score (nSPS) is 41.5. The number of hydrogen-bond acceptors (Lipinski definition) is 3. The molecule has 0 aromatic heterocycles. The van der Waals surface area contributed by atoms with Gasteiger partial charge in [-0.1, -0.05) is 31.6 Å². The second-order valence-electron chi connectivity index (χ2n) is 6.94. The van der Waals surface area contributed by atoms with Crippen molar-refractivity contribution < 1.29 is 14.6 Å². The average Bonchev–Trinajstić information content (AvgIpc) is 2.83. The summed E-state index contributed by atoms with van der Waals surface area (Å²) in [5, 5.41) is 10.3. The Hall–Kier alpha value is -1.09. The van der Waals surface area contributed by atoms with E-state index in [1.165, 1.54) is 12.5 Å². The molecule has 2 aliphatic carbocycles. The summed E-state index contributed by atoms with van der Waals surface area (Å²) in [5.41, 5.74) is 2.45. The van der Waals surface area contributed by atoms with E-state index >= 15 is 0 Å². The molecule has 0 saturated heterocycles. The van der Waals surface area contributed by atoms with Crippen LogP contribution in [0.2, 0.25) is 0 Å². The van der Waals surface area contributed by atoms with Crippen LogP contribution in [0.5, 0.6) is 0 Å². The van der Waals surface area contributed by atoms with Crippen molar-refractivity contribution in [3.63, 3.8) is 0 Å². The molecule has 0 aromatic rings. The maximum absolute atomic E-state index is 11.3. The highest BCUT2D eigenvalue weighted by Gasteiger charge is 2.55. The maximum atomic E-state index is 11.3. The molecule has 2 aliphatic rings. The van der Waals surface area contributed by atoms with Gasteiger partial charge in [-0.25, -0.2) is 0 Å². The zero-order valence-electron chi connectivity index (χ0n) is 13.1. The lowest BCUT2D eigenvalue weighted by molar-refractivity contribution is -0.148. The highest BCUT2D eigenvalue weighted by Crippen LogP contribution is 2.61. The highest BCUT2D eigenvalue weighted by molar-refractivity contribution is 5.66. The number of fused-ring (bicyclic) bond motifs is 1. The van der Waals surface area contributed by atoms with Crippen molar-refractivity contribution in [3.8, 4) is 0 Å². The number of aliphatic hydroxyl groups is 1. The summed E-state index contributed by atoms with van der Waals surface area (Å²) in [7, 11) is 0. The van der Waals surface area contributed by atoms with Gasteiger partial charge in [0, 0.05) is 6.92 Å². The number of allylic oxidation sites excluding steroid dienone is 2. The van der Waals surface area contributed by atoms with Crippen LogP contribution in [0.1, 0.15) is 47.5 Å². The summed E-state index contributed by atoms with van der Waals surface area (Å²) in [6.45, 7) is 9.96. The van der Waals surface area contributed by atoms with Crippen molar-refractivity contribution in [1.29, 1.82) is 0 Å². The third-order valence-corrected chi connectivity index (χ3v) is 4.94. The first-order valence-electron chi connectivity index (χ1n) is 7.44. The van der Waals surface area contributed by atoms with Gasteiger partial charge in [0.15, 0.2) is 6.10 Å². The van der Waals surface area contributed by atoms with Gasteiger partial charge in [-0.2, -0.15) is 0 Å². The quantitative estimate of drug-likeness (QED) is 0.591. The van der Waals surface area contributed by atoms with Gasteiger partial charge in [0.05, 0.1) is 0 Å². The molecule has 20 heavy (non-hydrogen) atoms. The molecule has 0 amide bonds. The van der Waals surface area contributed by atoms with Crippen molar-refractivity contribution in [2.75, 3.05) is 0 Å². The Morgan fingerprint density at radius 1 is 1.35 bits per heavy atom. The average molecular weight is 278 g/mol. The number of ether oxygens (including phenoxy) is 1. The van der Waals surface area contributed by atoms with E-state index in [1.807, 2.05) is 19.9 Å². The van der Waals surface area contributed by atoms with Gasteiger partial charge in [0.25, 0.3) is 0 Å². The number of rotatable bonds is 1. The lowest BCUT2D eigenvalue weighted by Crippen LogP contribution is -2.31. The first-order chi connectivity index (χ1) is 9.23. The second kappa shape index (κ2) is 5.36. The van der Waals surface area contributed by atoms with Crippen molar-refractivity contribution in [2.45, 2.75) is 59.7 Å². The predicted octanol–water partition coefficient (Wildman–Crippen LogP) is 3.24. The van der Waals surface area contributed by atoms with Crippen LogP contribution in [0.4, 0.5) is 0 Å². The van der Waals surface area contributed by atoms with Crippen molar-refractivity contribution >= 4 is 5.97 Å². The molecule has 1 N–H and O–H groups in total. The molecular formula is C17H26O3. The summed E-state index contributed by atoms with van der Waals surface area (Å²) >= 11 is 0. The van der Waals surface area contributed by atoms with E-state index in [2.05, 4.69) is 19.9 Å². The van der Waals surface area contributed by atoms with Gasteiger partial charge in [-0.15, -0.1) is 0 Å². The molecule has 1 fully saturated rings. The minimum Gasteiger partial charge on any atom is -0.455 e. The Bertz CT molecular complexity index is 459. The number of carbonyl (C=O) groups is 1. The van der Waals surface area contributed by atoms with Gasteiger partial charge in [-0.3, -0.25) is 4.79 Å². The fourth-order valence-corrected chi connectivity index (χ4v) is 3.50. The third kappa shape index (κ3) is 2.98. The predicted molar refractivity (Wildman–Crippen MR) is 79.1 cm³/mol. The van der Waals surface area contributed by atoms with Gasteiger partial charge in [0.1, 0.15) is 6.10 Å². The molecule has 112 valence electrons. The fourth-order valence-electron chi connectivity index (χ4n) is 3.50. The van der Waals surface area contributed by atoms with E-state index in [9.17, 15) is 9.90 Å². The molecule has 0 aromatic carbocycles. The fraction of sp³-hybridized carbons (Fsp3) is 0.706. The van der Waals surface area contributed by atoms with Crippen LogP contribution in [-0.4, -0.2) is 23.3 Å². The Balaban J connectivity index is 2.31. The van der Waals surface area contributed by atoms with Gasteiger partial charge in [-0.05, 0) is 49.5 Å². The number of hydrogen-bond donors (Lipinski definition) is 1. The lowest BCUT2D eigenvalue weighted by atomic mass is 9.97. The first kappa shape index (κ1) is 15.3. The monoisotopic (exact) mass is 278 g/mol. The van der Waals surface area contributed by atoms with Crippen LogP contribution in [-0.2, 0) is 9.53 Å². The molecule has 0 spiro atoms. The molecule has 3 nitrogen and oxygen atoms in total. The van der Waals surface area contributed by atoms with Gasteiger partial charge >= 0.3 is 5.97 Å². The zero-order chi connectivity index (χ0) is 15.1. The summed E-state index contributed by atoms with van der Waals surface area (Å²) in [5.74, 6) is 0.865. The number of carbonyl (C=O) groups excluding carboxylic acids is 1. The van der Waals surface area contributed by atoms with Crippen LogP contribution >= 0.6 is 0 Å². The number of esters is 1. The summed E-state index contributed by atoms with van der Waals surface area (Å²) in [6.07, 6.45) is 4.89. The Labute approximate surface area is 121 Å². The SMILES string of the molecule is CC(=O)O[C@H]1/C(C)=C/[C@@H]2[C@H](CC/C(C)=C/[C@@H]1O)C2(C)C. The van der Waals surface area contributed by atoms with Crippen LogP contribution in [0.15, 0.2) is 23.3 Å². The van der Waals surface area contributed by atoms with Crippen LogP contribution in [0.25, 0.3) is 0 Å². The molecular weight excluding hydrogens is 252 g/mol. The summed E-state index contributed by atoms with van der Waals surface area (Å²) in [4.78, 5) is 11.3. The lowest BCUT2D eigenvalue weighted by Gasteiger charge is -2.23. The molecule has 0 heterocycles. The summed E-state index contributed by atoms with van der Waals surface area (Å²) < 4.78 is 5.33. The molecule has 2 rings (SSSR count). The second-order valence-corrected chi connectivity index (χ2v) is 6.94. The minimum absolute atomic E-state index is 0.317. The van der Waals surface area contributed by atoms with Gasteiger partial charge in [0.2, 0.25) is 0 Å². The molecule has 0 radical (unpaired) electrons. The van der Waals surface area contributed by atoms with Crippen molar-refractivity contribution in [3.05, 3.63) is 23.3 Å². The Morgan fingerprint density at radius 2 is 2.00 bits per heavy atom. The van der Waals surface area contributed by atoms with E-state index in [1.54, 1.807) is 0 Å². The minimum atomic E-state index is -0.756. The standard InChI is InChI=1S/C17H26O3/c1-10-6-7-13-14(17(13,4)5)9-11(2)16(15(19)8-10)20-12(3)18/h8-9,13-16,19H,6-7H2,1-5H3/b10-8+,11-9+/t13-,14+,15-,16-/m0/s1. The zero-order valence-corrected chi connectivity index (χ0v) is 13.1. The van der Waals surface area contributed by atoms with Crippen molar-refractivity contribution in [2.24, 2.45) is 17.3 Å². The van der Waals surface area contributed by atoms with Crippen LogP contribution in [0.3, 0.4) is 0 Å². The van der Waals surface area contributed by atoms with Crippen molar-refractivity contribution in [1.82, 2.24) is 0 Å². The van der Waals surface area contributed by atoms with Gasteiger partial charge < -0.3 is 9.84 Å². The highest BCUT2D eigenvalue weighted by atomic mass is 16.6. The smallest absolute Gasteiger partial charge is 0.303 e. The van der Waals surface area contributed by atoms with E-state index in [-0.39, 0.29) is 5.97 Å². The third-order valence-electron chi connectivity index (χ3n) is 4.94. The molecule has 0 bridgehead atoms. The number of aliphatic hydroxyl groups excluding tert-OH is 1. The van der Waals surface area contributed by atoms with E-state index in [0.29, 0.717) is 17.3 Å². The molecule has 4 atom stereocenters. The Morgan fingerprint density at radius 3 is 2.60 bits per heavy atom. The van der Waals surface area contributed by atoms with E-state index in [0.717, 1.165) is 18.4 Å². The van der Waals surface area contributed by atoms with E-state index < -0.39 is 12.2 Å². The van der Waals surface area contributed by atoms with Crippen LogP contribution < -0.4 is 0 Å². The van der Waals surface area contributed by atoms with Crippen LogP contribution in [0, 0.1) is 17.3 Å². The first-order valence-corrected chi connectivity index (χ1v) is 7.44. The maximum Gasteiger partial charge on any atom is 0.303 e. The largest absolute Gasteiger partial charge is 0.455 e. The Kier molecular flexibility index (Phi) is 4.10. The molecule has 1 saturated carbocycles.